The summed E-state index contributed by atoms with van der Waals surface area (Å²) in [7, 11) is 1.61. The third kappa shape index (κ3) is 5.54. The number of rotatable bonds is 6. The van der Waals surface area contributed by atoms with E-state index in [4.69, 9.17) is 9.84 Å². The van der Waals surface area contributed by atoms with E-state index in [9.17, 15) is 4.79 Å². The van der Waals surface area contributed by atoms with E-state index < -0.39 is 6.10 Å². The van der Waals surface area contributed by atoms with Gasteiger partial charge in [0.15, 0.2) is 0 Å². The van der Waals surface area contributed by atoms with Gasteiger partial charge in [-0.15, -0.1) is 0 Å². The lowest BCUT2D eigenvalue weighted by molar-refractivity contribution is 0.183. The van der Waals surface area contributed by atoms with Crippen LogP contribution in [0.3, 0.4) is 0 Å². The molecule has 5 nitrogen and oxygen atoms in total. The number of ether oxygens (including phenoxy) is 1. The fraction of sp³-hybridized carbons (Fsp3) is 0.462. The average molecular weight is 252 g/mol. The van der Waals surface area contributed by atoms with Crippen LogP contribution in [0.15, 0.2) is 24.3 Å². The number of hydrogen-bond acceptors (Lipinski definition) is 3. The van der Waals surface area contributed by atoms with Gasteiger partial charge in [0, 0.05) is 13.1 Å². The Hall–Kier alpha value is -1.75. The van der Waals surface area contributed by atoms with Crippen LogP contribution in [0.5, 0.6) is 5.75 Å². The van der Waals surface area contributed by atoms with Gasteiger partial charge in [0.2, 0.25) is 0 Å². The predicted molar refractivity (Wildman–Crippen MR) is 69.5 cm³/mol. The first-order valence-electron chi connectivity index (χ1n) is 5.94. The molecular formula is C13H20N2O3. The highest BCUT2D eigenvalue weighted by Crippen LogP contribution is 2.11. The summed E-state index contributed by atoms with van der Waals surface area (Å²) in [5, 5.41) is 14.5. The van der Waals surface area contributed by atoms with E-state index in [-0.39, 0.29) is 6.03 Å². The number of aliphatic hydroxyl groups excluding tert-OH is 1. The van der Waals surface area contributed by atoms with E-state index >= 15 is 0 Å². The van der Waals surface area contributed by atoms with Gasteiger partial charge in [0.05, 0.1) is 13.2 Å². The minimum atomic E-state index is -0.399. The van der Waals surface area contributed by atoms with Crippen molar-refractivity contribution in [1.29, 1.82) is 0 Å². The van der Waals surface area contributed by atoms with E-state index in [0.717, 1.165) is 11.3 Å². The number of carbonyl (C=O) groups is 1. The molecular weight excluding hydrogens is 232 g/mol. The topological polar surface area (TPSA) is 70.6 Å². The SMILES string of the molecule is COc1cccc(CNC(=O)NCCC(C)O)c1. The number of nitrogens with one attached hydrogen (secondary N) is 2. The molecule has 0 aliphatic rings. The molecule has 100 valence electrons. The second-order valence-corrected chi connectivity index (χ2v) is 4.10. The average Bonchev–Trinajstić information content (AvgIpc) is 2.36. The summed E-state index contributed by atoms with van der Waals surface area (Å²) in [4.78, 5) is 11.4. The molecule has 1 aromatic carbocycles. The van der Waals surface area contributed by atoms with Crippen molar-refractivity contribution in [3.63, 3.8) is 0 Å². The molecule has 2 amide bonds. The summed E-state index contributed by atoms with van der Waals surface area (Å²) in [5.41, 5.74) is 0.972. The number of methoxy groups -OCH3 is 1. The zero-order valence-corrected chi connectivity index (χ0v) is 10.8. The monoisotopic (exact) mass is 252 g/mol. The summed E-state index contributed by atoms with van der Waals surface area (Å²) in [6, 6.07) is 7.28. The van der Waals surface area contributed by atoms with Gasteiger partial charge < -0.3 is 20.5 Å². The zero-order valence-electron chi connectivity index (χ0n) is 10.8. The molecule has 1 aromatic rings. The van der Waals surface area contributed by atoms with E-state index in [0.29, 0.717) is 19.5 Å². The van der Waals surface area contributed by atoms with Crippen LogP contribution in [0, 0.1) is 0 Å². The number of amides is 2. The lowest BCUT2D eigenvalue weighted by Crippen LogP contribution is -2.36. The normalized spacial score (nSPS) is 11.7. The largest absolute Gasteiger partial charge is 0.497 e. The third-order valence-corrected chi connectivity index (χ3v) is 2.43. The fourth-order valence-corrected chi connectivity index (χ4v) is 1.42. The number of hydrogen-bond donors (Lipinski definition) is 3. The van der Waals surface area contributed by atoms with Gasteiger partial charge in [-0.25, -0.2) is 4.79 Å². The third-order valence-electron chi connectivity index (χ3n) is 2.43. The highest BCUT2D eigenvalue weighted by Gasteiger charge is 2.02. The Morgan fingerprint density at radius 2 is 2.22 bits per heavy atom. The van der Waals surface area contributed by atoms with Crippen molar-refractivity contribution in [3.05, 3.63) is 29.8 Å². The number of aliphatic hydroxyl groups is 1. The van der Waals surface area contributed by atoms with Crippen molar-refractivity contribution in [2.75, 3.05) is 13.7 Å². The zero-order chi connectivity index (χ0) is 13.4. The second kappa shape index (κ2) is 7.55. The van der Waals surface area contributed by atoms with Crippen LogP contribution in [-0.4, -0.2) is 30.9 Å². The maximum Gasteiger partial charge on any atom is 0.315 e. The van der Waals surface area contributed by atoms with Crippen molar-refractivity contribution >= 4 is 6.03 Å². The molecule has 0 aliphatic heterocycles. The van der Waals surface area contributed by atoms with Crippen LogP contribution in [0.25, 0.3) is 0 Å². The van der Waals surface area contributed by atoms with Crippen molar-refractivity contribution < 1.29 is 14.6 Å². The van der Waals surface area contributed by atoms with E-state index in [1.165, 1.54) is 0 Å². The number of urea groups is 1. The molecule has 0 spiro atoms. The van der Waals surface area contributed by atoms with Crippen LogP contribution >= 0.6 is 0 Å². The van der Waals surface area contributed by atoms with Crippen LogP contribution in [0.4, 0.5) is 4.79 Å². The van der Waals surface area contributed by atoms with Crippen LogP contribution in [-0.2, 0) is 6.54 Å². The molecule has 5 heteroatoms. The van der Waals surface area contributed by atoms with Crippen LogP contribution < -0.4 is 15.4 Å². The molecule has 0 radical (unpaired) electrons. The molecule has 1 atom stereocenters. The van der Waals surface area contributed by atoms with E-state index in [1.807, 2.05) is 24.3 Å². The Bertz CT molecular complexity index is 380. The Kier molecular flexibility index (Phi) is 6.00. The molecule has 0 aromatic heterocycles. The first-order chi connectivity index (χ1) is 8.61. The number of benzene rings is 1. The quantitative estimate of drug-likeness (QED) is 0.714. The lowest BCUT2D eigenvalue weighted by Gasteiger charge is -2.09. The molecule has 0 heterocycles. The Labute approximate surface area is 107 Å². The lowest BCUT2D eigenvalue weighted by atomic mass is 10.2. The molecule has 0 saturated carbocycles. The summed E-state index contributed by atoms with van der Waals surface area (Å²) in [5.74, 6) is 0.767. The molecule has 0 aliphatic carbocycles. The summed E-state index contributed by atoms with van der Waals surface area (Å²) < 4.78 is 5.10. The molecule has 0 fully saturated rings. The van der Waals surface area contributed by atoms with Gasteiger partial charge in [0.1, 0.15) is 5.75 Å². The maximum absolute atomic E-state index is 11.4. The first-order valence-corrected chi connectivity index (χ1v) is 5.94. The summed E-state index contributed by atoms with van der Waals surface area (Å²) in [6.07, 6.45) is 0.149. The van der Waals surface area contributed by atoms with Gasteiger partial charge in [0.25, 0.3) is 0 Å². The van der Waals surface area contributed by atoms with Crippen molar-refractivity contribution in [2.45, 2.75) is 26.0 Å². The summed E-state index contributed by atoms with van der Waals surface area (Å²) in [6.45, 7) is 2.59. The molecule has 3 N–H and O–H groups in total. The Balaban J connectivity index is 2.29. The van der Waals surface area contributed by atoms with Gasteiger partial charge in [-0.1, -0.05) is 12.1 Å². The molecule has 1 rings (SSSR count). The van der Waals surface area contributed by atoms with Gasteiger partial charge >= 0.3 is 6.03 Å². The minimum absolute atomic E-state index is 0.238. The van der Waals surface area contributed by atoms with Crippen LogP contribution in [0.2, 0.25) is 0 Å². The van der Waals surface area contributed by atoms with Gasteiger partial charge in [-0.05, 0) is 31.0 Å². The highest BCUT2D eigenvalue weighted by molar-refractivity contribution is 5.73. The molecule has 0 saturated heterocycles. The van der Waals surface area contributed by atoms with E-state index in [1.54, 1.807) is 14.0 Å². The van der Waals surface area contributed by atoms with Crippen LogP contribution in [0.1, 0.15) is 18.9 Å². The molecule has 0 bridgehead atoms. The predicted octanol–water partition coefficient (Wildman–Crippen LogP) is 1.27. The number of carbonyl (C=O) groups excluding carboxylic acids is 1. The Morgan fingerprint density at radius 3 is 2.89 bits per heavy atom. The highest BCUT2D eigenvalue weighted by atomic mass is 16.5. The first kappa shape index (κ1) is 14.3. The summed E-state index contributed by atoms with van der Waals surface area (Å²) >= 11 is 0. The molecule has 1 unspecified atom stereocenters. The Morgan fingerprint density at radius 1 is 1.44 bits per heavy atom. The second-order valence-electron chi connectivity index (χ2n) is 4.10. The van der Waals surface area contributed by atoms with Gasteiger partial charge in [-0.2, -0.15) is 0 Å². The smallest absolute Gasteiger partial charge is 0.315 e. The standard InChI is InChI=1S/C13H20N2O3/c1-10(16)6-7-14-13(17)15-9-11-4-3-5-12(8-11)18-2/h3-5,8,10,16H,6-7,9H2,1-2H3,(H2,14,15,17). The van der Waals surface area contributed by atoms with Crippen molar-refractivity contribution in [3.8, 4) is 5.75 Å². The maximum atomic E-state index is 11.4. The molecule has 18 heavy (non-hydrogen) atoms. The fourth-order valence-electron chi connectivity index (χ4n) is 1.42. The van der Waals surface area contributed by atoms with Crippen molar-refractivity contribution in [1.82, 2.24) is 10.6 Å². The van der Waals surface area contributed by atoms with Gasteiger partial charge in [-0.3, -0.25) is 0 Å². The van der Waals surface area contributed by atoms with E-state index in [2.05, 4.69) is 10.6 Å². The van der Waals surface area contributed by atoms with Crippen molar-refractivity contribution in [2.24, 2.45) is 0 Å². The minimum Gasteiger partial charge on any atom is -0.497 e.